The molecule has 1 unspecified atom stereocenters. The van der Waals surface area contributed by atoms with Crippen molar-refractivity contribution in [3.63, 3.8) is 0 Å². The number of hydrogen-bond acceptors (Lipinski definition) is 3. The average Bonchev–Trinajstić information content (AvgIpc) is 2.68. The van der Waals surface area contributed by atoms with E-state index in [0.717, 1.165) is 11.1 Å². The molecule has 0 saturated carbocycles. The molecule has 0 amide bonds. The lowest BCUT2D eigenvalue weighted by molar-refractivity contribution is -0.131. The number of carboxylic acids is 1. The number of rotatable bonds is 2. The Morgan fingerprint density at radius 1 is 1.47 bits per heavy atom. The fourth-order valence-electron chi connectivity index (χ4n) is 1.45. The first-order chi connectivity index (χ1) is 7.16. The van der Waals surface area contributed by atoms with Crippen molar-refractivity contribution in [2.75, 3.05) is 6.54 Å². The lowest BCUT2D eigenvalue weighted by Crippen LogP contribution is -2.14. The first-order valence-corrected chi connectivity index (χ1v) is 4.68. The molecular weight excluding hydrogens is 194 g/mol. The van der Waals surface area contributed by atoms with Gasteiger partial charge in [-0.25, -0.2) is 9.79 Å². The third-order valence-electron chi connectivity index (χ3n) is 2.29. The Labute approximate surface area is 87.2 Å². The van der Waals surface area contributed by atoms with Gasteiger partial charge in [0.2, 0.25) is 0 Å². The van der Waals surface area contributed by atoms with Crippen molar-refractivity contribution in [2.45, 2.75) is 13.0 Å². The van der Waals surface area contributed by atoms with Crippen molar-refractivity contribution >= 4 is 11.9 Å². The van der Waals surface area contributed by atoms with Crippen molar-refractivity contribution in [2.24, 2.45) is 4.99 Å². The maximum Gasteiger partial charge on any atom is 0.391 e. The fraction of sp³-hybridized carbons (Fsp3) is 0.273. The summed E-state index contributed by atoms with van der Waals surface area (Å²) in [5.41, 5.74) is 2.12. The summed E-state index contributed by atoms with van der Waals surface area (Å²) in [5.74, 6) is -1.30. The zero-order chi connectivity index (χ0) is 10.8. The van der Waals surface area contributed by atoms with Gasteiger partial charge in [0.15, 0.2) is 0 Å². The summed E-state index contributed by atoms with van der Waals surface area (Å²) in [5, 5.41) is 8.67. The number of benzene rings is 1. The van der Waals surface area contributed by atoms with Gasteiger partial charge in [-0.15, -0.1) is 0 Å². The third kappa shape index (κ3) is 1.98. The molecular formula is C11H11NO3. The van der Waals surface area contributed by atoms with Crippen molar-refractivity contribution in [3.05, 3.63) is 35.4 Å². The highest BCUT2D eigenvalue weighted by molar-refractivity contribution is 6.32. The summed E-state index contributed by atoms with van der Waals surface area (Å²) >= 11 is 0. The molecule has 1 aromatic carbocycles. The van der Waals surface area contributed by atoms with E-state index in [2.05, 4.69) is 4.99 Å². The minimum Gasteiger partial charge on any atom is -0.474 e. The van der Waals surface area contributed by atoms with E-state index in [1.54, 1.807) is 0 Å². The van der Waals surface area contributed by atoms with E-state index < -0.39 is 5.97 Å². The van der Waals surface area contributed by atoms with E-state index in [4.69, 9.17) is 9.84 Å². The molecule has 1 aromatic rings. The molecule has 2 rings (SSSR count). The molecule has 1 aliphatic rings. The van der Waals surface area contributed by atoms with Gasteiger partial charge >= 0.3 is 5.97 Å². The van der Waals surface area contributed by atoms with Crippen LogP contribution in [0.15, 0.2) is 29.3 Å². The van der Waals surface area contributed by atoms with Crippen LogP contribution in [0, 0.1) is 6.92 Å². The smallest absolute Gasteiger partial charge is 0.391 e. The highest BCUT2D eigenvalue weighted by atomic mass is 16.5. The van der Waals surface area contributed by atoms with Gasteiger partial charge in [-0.2, -0.15) is 0 Å². The largest absolute Gasteiger partial charge is 0.474 e. The zero-order valence-corrected chi connectivity index (χ0v) is 8.30. The Kier molecular flexibility index (Phi) is 2.41. The normalized spacial score (nSPS) is 19.5. The first-order valence-electron chi connectivity index (χ1n) is 4.68. The van der Waals surface area contributed by atoms with Gasteiger partial charge in [0.05, 0.1) is 6.54 Å². The summed E-state index contributed by atoms with van der Waals surface area (Å²) in [6.07, 6.45) is -0.253. The number of ether oxygens (including phenoxy) is 1. The lowest BCUT2D eigenvalue weighted by atomic mass is 10.1. The van der Waals surface area contributed by atoms with Gasteiger partial charge < -0.3 is 9.84 Å². The molecule has 1 aliphatic heterocycles. The van der Waals surface area contributed by atoms with Gasteiger partial charge in [-0.05, 0) is 12.5 Å². The fourth-order valence-corrected chi connectivity index (χ4v) is 1.45. The molecule has 0 spiro atoms. The van der Waals surface area contributed by atoms with Crippen LogP contribution in [0.25, 0.3) is 0 Å². The maximum absolute atomic E-state index is 10.6. The second kappa shape index (κ2) is 3.73. The lowest BCUT2D eigenvalue weighted by Gasteiger charge is -2.10. The van der Waals surface area contributed by atoms with E-state index in [1.165, 1.54) is 0 Å². The second-order valence-electron chi connectivity index (χ2n) is 3.47. The molecule has 1 N–H and O–H groups in total. The SMILES string of the molecule is Cc1ccc(C2CN=C(C(=O)O)O2)cc1. The monoisotopic (exact) mass is 205 g/mol. The quantitative estimate of drug-likeness (QED) is 0.796. The Balaban J connectivity index is 2.10. The number of carboxylic acid groups (broad SMARTS) is 1. The first kappa shape index (κ1) is 9.71. The van der Waals surface area contributed by atoms with Crippen LogP contribution in [0.2, 0.25) is 0 Å². The number of nitrogens with zero attached hydrogens (tertiary/aromatic N) is 1. The van der Waals surface area contributed by atoms with Crippen molar-refractivity contribution in [1.82, 2.24) is 0 Å². The Morgan fingerprint density at radius 3 is 2.67 bits per heavy atom. The minimum atomic E-state index is -1.11. The number of aryl methyl sites for hydroxylation is 1. The highest BCUT2D eigenvalue weighted by Gasteiger charge is 2.25. The number of hydrogen-bond donors (Lipinski definition) is 1. The van der Waals surface area contributed by atoms with Gasteiger partial charge in [0.25, 0.3) is 5.90 Å². The van der Waals surface area contributed by atoms with Crippen molar-refractivity contribution < 1.29 is 14.6 Å². The molecule has 4 heteroatoms. The number of aliphatic imine (C=N–C) groups is 1. The molecule has 0 fully saturated rings. The topological polar surface area (TPSA) is 58.9 Å². The van der Waals surface area contributed by atoms with E-state index >= 15 is 0 Å². The average molecular weight is 205 g/mol. The van der Waals surface area contributed by atoms with Gasteiger partial charge in [-0.3, -0.25) is 0 Å². The van der Waals surface area contributed by atoms with Gasteiger partial charge in [-0.1, -0.05) is 29.8 Å². The van der Waals surface area contributed by atoms with Crippen molar-refractivity contribution in [3.8, 4) is 0 Å². The van der Waals surface area contributed by atoms with E-state index in [1.807, 2.05) is 31.2 Å². The van der Waals surface area contributed by atoms with Crippen LogP contribution in [-0.4, -0.2) is 23.5 Å². The van der Waals surface area contributed by atoms with Crippen LogP contribution in [0.5, 0.6) is 0 Å². The van der Waals surface area contributed by atoms with Crippen LogP contribution >= 0.6 is 0 Å². The number of carbonyl (C=O) groups is 1. The molecule has 4 nitrogen and oxygen atoms in total. The Hall–Kier alpha value is -1.84. The molecule has 0 aliphatic carbocycles. The van der Waals surface area contributed by atoms with Crippen LogP contribution in [0.3, 0.4) is 0 Å². The highest BCUT2D eigenvalue weighted by Crippen LogP contribution is 2.23. The Bertz CT molecular complexity index is 408. The van der Waals surface area contributed by atoms with E-state index in [0.29, 0.717) is 6.54 Å². The summed E-state index contributed by atoms with van der Waals surface area (Å²) < 4.78 is 5.20. The molecule has 0 radical (unpaired) electrons. The molecule has 15 heavy (non-hydrogen) atoms. The maximum atomic E-state index is 10.6. The summed E-state index contributed by atoms with van der Waals surface area (Å²) in [7, 11) is 0. The standard InChI is InChI=1S/C11H11NO3/c1-7-2-4-8(5-3-7)9-6-12-10(15-9)11(13)14/h2-5,9H,6H2,1H3,(H,13,14). The molecule has 1 atom stereocenters. The van der Waals surface area contributed by atoms with Crippen LogP contribution in [0.1, 0.15) is 17.2 Å². The summed E-state index contributed by atoms with van der Waals surface area (Å²) in [6.45, 7) is 2.38. The molecule has 1 heterocycles. The van der Waals surface area contributed by atoms with Gasteiger partial charge in [0.1, 0.15) is 6.10 Å². The second-order valence-corrected chi connectivity index (χ2v) is 3.47. The van der Waals surface area contributed by atoms with E-state index in [9.17, 15) is 4.79 Å². The Morgan fingerprint density at radius 2 is 2.13 bits per heavy atom. The van der Waals surface area contributed by atoms with E-state index in [-0.39, 0.29) is 12.0 Å². The predicted molar refractivity (Wildman–Crippen MR) is 54.9 cm³/mol. The third-order valence-corrected chi connectivity index (χ3v) is 2.29. The van der Waals surface area contributed by atoms with Crippen LogP contribution in [0.4, 0.5) is 0 Å². The number of aliphatic carboxylic acids is 1. The van der Waals surface area contributed by atoms with Crippen molar-refractivity contribution in [1.29, 1.82) is 0 Å². The summed E-state index contributed by atoms with van der Waals surface area (Å²) in [4.78, 5) is 14.4. The minimum absolute atomic E-state index is 0.194. The molecule has 78 valence electrons. The van der Waals surface area contributed by atoms with Gasteiger partial charge in [0, 0.05) is 0 Å². The molecule has 0 bridgehead atoms. The zero-order valence-electron chi connectivity index (χ0n) is 8.30. The molecule has 0 saturated heterocycles. The predicted octanol–water partition coefficient (Wildman–Crippen LogP) is 1.55. The van der Waals surface area contributed by atoms with Crippen LogP contribution in [-0.2, 0) is 9.53 Å². The van der Waals surface area contributed by atoms with Crippen LogP contribution < -0.4 is 0 Å². The molecule has 0 aromatic heterocycles. The summed E-state index contributed by atoms with van der Waals surface area (Å²) in [6, 6.07) is 7.80.